The van der Waals surface area contributed by atoms with E-state index < -0.39 is 40.3 Å². The van der Waals surface area contributed by atoms with E-state index in [-0.39, 0.29) is 12.0 Å². The number of hydrogen-bond donors (Lipinski definition) is 2. The van der Waals surface area contributed by atoms with E-state index in [2.05, 4.69) is 13.5 Å². The number of hydrogen-bond acceptors (Lipinski definition) is 5. The molecule has 1 unspecified atom stereocenters. The summed E-state index contributed by atoms with van der Waals surface area (Å²) in [6.45, 7) is 5.64. The molecule has 29 heavy (non-hydrogen) atoms. The summed E-state index contributed by atoms with van der Waals surface area (Å²) in [5, 5.41) is 8.74. The molecule has 7 nitrogen and oxygen atoms in total. The van der Waals surface area contributed by atoms with Crippen molar-refractivity contribution in [3.63, 3.8) is 0 Å². The third-order valence-electron chi connectivity index (χ3n) is 4.74. The molecular weight excluding hydrogens is 396 g/mol. The van der Waals surface area contributed by atoms with Gasteiger partial charge in [0.1, 0.15) is 6.10 Å². The lowest BCUT2D eigenvalue weighted by molar-refractivity contribution is -0.147. The van der Waals surface area contributed by atoms with Gasteiger partial charge in [0.25, 0.3) is 10.1 Å². The molecule has 0 aromatic rings. The van der Waals surface area contributed by atoms with Crippen molar-refractivity contribution in [2.45, 2.75) is 103 Å². The van der Waals surface area contributed by atoms with Crippen LogP contribution in [0.4, 0.5) is 0 Å². The van der Waals surface area contributed by atoms with E-state index in [0.717, 1.165) is 19.3 Å². The van der Waals surface area contributed by atoms with Gasteiger partial charge in [-0.3, -0.25) is 9.35 Å². The molecule has 0 radical (unpaired) electrons. The maximum absolute atomic E-state index is 12.0. The van der Waals surface area contributed by atoms with Crippen molar-refractivity contribution in [2.75, 3.05) is 5.75 Å². The molecule has 0 saturated carbocycles. The van der Waals surface area contributed by atoms with Gasteiger partial charge in [-0.15, -0.1) is 0 Å². The molecule has 2 N–H and O–H groups in total. The van der Waals surface area contributed by atoms with Crippen LogP contribution in [0.2, 0.25) is 0 Å². The second kappa shape index (κ2) is 16.4. The van der Waals surface area contributed by atoms with Gasteiger partial charge in [-0.2, -0.15) is 8.42 Å². The first-order chi connectivity index (χ1) is 13.7. The van der Waals surface area contributed by atoms with E-state index in [9.17, 15) is 18.0 Å². The van der Waals surface area contributed by atoms with E-state index >= 15 is 0 Å². The van der Waals surface area contributed by atoms with Gasteiger partial charge in [0, 0.05) is 5.57 Å². The standard InChI is InChI=1S/C21H38O7S/c1-3-4-5-6-7-8-9-10-11-12-14-19(15-13-16-29(25,26)27)28-21(24)18(2)17-20(22)23/h19H,2-17H2,1H3,(H,22,23)(H,25,26,27). The van der Waals surface area contributed by atoms with E-state index in [1.165, 1.54) is 44.9 Å². The van der Waals surface area contributed by atoms with Gasteiger partial charge >= 0.3 is 11.9 Å². The number of aliphatic carboxylic acids is 1. The first-order valence-electron chi connectivity index (χ1n) is 10.7. The van der Waals surface area contributed by atoms with Gasteiger partial charge in [-0.25, -0.2) is 4.79 Å². The zero-order valence-electron chi connectivity index (χ0n) is 17.7. The predicted molar refractivity (Wildman–Crippen MR) is 113 cm³/mol. The average molecular weight is 435 g/mol. The van der Waals surface area contributed by atoms with Gasteiger partial charge in [0.15, 0.2) is 0 Å². The predicted octanol–water partition coefficient (Wildman–Crippen LogP) is 4.91. The van der Waals surface area contributed by atoms with Gasteiger partial charge in [0.05, 0.1) is 12.2 Å². The number of esters is 1. The fourth-order valence-corrected chi connectivity index (χ4v) is 3.64. The molecular formula is C21H38O7S. The van der Waals surface area contributed by atoms with Crippen LogP contribution < -0.4 is 0 Å². The van der Waals surface area contributed by atoms with Crippen LogP contribution in [-0.4, -0.2) is 41.9 Å². The molecule has 0 aliphatic rings. The topological polar surface area (TPSA) is 118 Å². The largest absolute Gasteiger partial charge is 0.481 e. The van der Waals surface area contributed by atoms with Gasteiger partial charge in [-0.1, -0.05) is 71.3 Å². The quantitative estimate of drug-likeness (QED) is 0.128. The number of carbonyl (C=O) groups is 2. The van der Waals surface area contributed by atoms with Crippen molar-refractivity contribution in [1.29, 1.82) is 0 Å². The van der Waals surface area contributed by atoms with Crippen LogP contribution in [0.25, 0.3) is 0 Å². The lowest BCUT2D eigenvalue weighted by Crippen LogP contribution is -2.21. The fraction of sp³-hybridized carbons (Fsp3) is 0.810. The Bertz CT molecular complexity index is 584. The molecule has 0 aromatic carbocycles. The van der Waals surface area contributed by atoms with Gasteiger partial charge in [-0.05, 0) is 25.7 Å². The summed E-state index contributed by atoms with van der Waals surface area (Å²) < 4.78 is 35.9. The van der Waals surface area contributed by atoms with Gasteiger partial charge < -0.3 is 9.84 Å². The maximum Gasteiger partial charge on any atom is 0.334 e. The summed E-state index contributed by atoms with van der Waals surface area (Å²) in [6.07, 6.45) is 11.8. The minimum Gasteiger partial charge on any atom is -0.481 e. The highest BCUT2D eigenvalue weighted by atomic mass is 32.2. The Balaban J connectivity index is 4.22. The Labute approximate surface area is 175 Å². The molecule has 0 saturated heterocycles. The molecule has 0 amide bonds. The molecule has 0 spiro atoms. The highest BCUT2D eigenvalue weighted by Crippen LogP contribution is 2.17. The molecule has 1 atom stereocenters. The normalized spacial score (nSPS) is 12.5. The number of unbranched alkanes of at least 4 members (excludes halogenated alkanes) is 9. The highest BCUT2D eigenvalue weighted by molar-refractivity contribution is 7.85. The second-order valence-corrected chi connectivity index (χ2v) is 9.17. The van der Waals surface area contributed by atoms with Crippen LogP contribution in [-0.2, 0) is 24.4 Å². The molecule has 0 heterocycles. The van der Waals surface area contributed by atoms with Crippen molar-refractivity contribution < 1.29 is 32.4 Å². The lowest BCUT2D eigenvalue weighted by Gasteiger charge is -2.18. The fourth-order valence-electron chi connectivity index (χ4n) is 3.10. The number of ether oxygens (including phenoxy) is 1. The maximum atomic E-state index is 12.0. The summed E-state index contributed by atoms with van der Waals surface area (Å²) in [5.41, 5.74) is -0.139. The van der Waals surface area contributed by atoms with Crippen LogP contribution in [0.1, 0.15) is 96.8 Å². The Morgan fingerprint density at radius 2 is 1.38 bits per heavy atom. The third kappa shape index (κ3) is 18.4. The Kier molecular flexibility index (Phi) is 15.6. The Morgan fingerprint density at radius 3 is 1.86 bits per heavy atom. The van der Waals surface area contributed by atoms with E-state index in [0.29, 0.717) is 12.8 Å². The summed E-state index contributed by atoms with van der Waals surface area (Å²) in [4.78, 5) is 22.7. The summed E-state index contributed by atoms with van der Waals surface area (Å²) in [6, 6.07) is 0. The monoisotopic (exact) mass is 434 g/mol. The molecule has 0 aliphatic heterocycles. The summed E-state index contributed by atoms with van der Waals surface area (Å²) in [7, 11) is -4.06. The zero-order valence-corrected chi connectivity index (χ0v) is 18.6. The Hall–Kier alpha value is -1.41. The van der Waals surface area contributed by atoms with Crippen LogP contribution in [0.3, 0.4) is 0 Å². The molecule has 0 fully saturated rings. The first-order valence-corrected chi connectivity index (χ1v) is 12.3. The average Bonchev–Trinajstić information content (AvgIpc) is 2.61. The molecule has 0 aliphatic carbocycles. The van der Waals surface area contributed by atoms with Crippen LogP contribution in [0.15, 0.2) is 12.2 Å². The molecule has 0 bridgehead atoms. The first kappa shape index (κ1) is 27.6. The van der Waals surface area contributed by atoms with E-state index in [1.54, 1.807) is 0 Å². The third-order valence-corrected chi connectivity index (χ3v) is 5.54. The van der Waals surface area contributed by atoms with Crippen molar-refractivity contribution in [1.82, 2.24) is 0 Å². The molecule has 170 valence electrons. The van der Waals surface area contributed by atoms with Crippen LogP contribution in [0.5, 0.6) is 0 Å². The van der Waals surface area contributed by atoms with Crippen molar-refractivity contribution in [3.05, 3.63) is 12.2 Å². The second-order valence-electron chi connectivity index (χ2n) is 7.60. The zero-order chi connectivity index (χ0) is 22.1. The number of carboxylic acids is 1. The minimum absolute atomic E-state index is 0.139. The van der Waals surface area contributed by atoms with Crippen molar-refractivity contribution in [2.24, 2.45) is 0 Å². The van der Waals surface area contributed by atoms with Crippen LogP contribution >= 0.6 is 0 Å². The molecule has 8 heteroatoms. The van der Waals surface area contributed by atoms with Crippen LogP contribution in [0, 0.1) is 0 Å². The van der Waals surface area contributed by atoms with Gasteiger partial charge in [0.2, 0.25) is 0 Å². The smallest absolute Gasteiger partial charge is 0.334 e. The van der Waals surface area contributed by atoms with Crippen molar-refractivity contribution in [3.8, 4) is 0 Å². The number of carbonyl (C=O) groups excluding carboxylic acids is 1. The van der Waals surface area contributed by atoms with E-state index in [4.69, 9.17) is 14.4 Å². The van der Waals surface area contributed by atoms with Crippen molar-refractivity contribution >= 4 is 22.1 Å². The van der Waals surface area contributed by atoms with E-state index in [1.807, 2.05) is 0 Å². The SMILES string of the molecule is C=C(CC(=O)O)C(=O)OC(CCCCCCCCCCCC)CCCS(=O)(=O)O. The number of carboxylic acid groups (broad SMARTS) is 1. The summed E-state index contributed by atoms with van der Waals surface area (Å²) >= 11 is 0. The lowest BCUT2D eigenvalue weighted by atomic mass is 10.0. The number of rotatable bonds is 19. The minimum atomic E-state index is -4.06. The Morgan fingerprint density at radius 1 is 0.897 bits per heavy atom. The molecule has 0 rings (SSSR count). The molecule has 0 aromatic heterocycles. The summed E-state index contributed by atoms with van der Waals surface area (Å²) in [5.74, 6) is -2.32. The highest BCUT2D eigenvalue weighted by Gasteiger charge is 2.19.